The lowest BCUT2D eigenvalue weighted by Crippen LogP contribution is -2.47. The summed E-state index contributed by atoms with van der Waals surface area (Å²) in [6, 6.07) is 4.65. The molecule has 1 aromatic rings. The SMILES string of the molecule is COc1cc(F)cc([C@@]2(O)C[C@H]3CC[C@H](C3)[C@@H]2CN(C)C)c1. The molecule has 2 aliphatic rings. The minimum Gasteiger partial charge on any atom is -0.497 e. The molecule has 0 aliphatic heterocycles. The van der Waals surface area contributed by atoms with E-state index in [1.807, 2.05) is 14.1 Å². The van der Waals surface area contributed by atoms with E-state index in [2.05, 4.69) is 4.90 Å². The number of nitrogens with zero attached hydrogens (tertiary/aromatic N) is 1. The largest absolute Gasteiger partial charge is 0.497 e. The van der Waals surface area contributed by atoms with Crippen LogP contribution >= 0.6 is 0 Å². The highest BCUT2D eigenvalue weighted by Gasteiger charge is 2.51. The van der Waals surface area contributed by atoms with Crippen molar-refractivity contribution in [3.8, 4) is 5.75 Å². The fourth-order valence-corrected chi connectivity index (χ4v) is 4.60. The van der Waals surface area contributed by atoms with Gasteiger partial charge in [-0.15, -0.1) is 0 Å². The normalized spacial score (nSPS) is 34.2. The molecule has 0 heterocycles. The maximum atomic E-state index is 13.9. The van der Waals surface area contributed by atoms with Crippen molar-refractivity contribution in [1.29, 1.82) is 0 Å². The van der Waals surface area contributed by atoms with Gasteiger partial charge in [0.05, 0.1) is 12.7 Å². The van der Waals surface area contributed by atoms with Crippen LogP contribution in [0.1, 0.15) is 31.2 Å². The summed E-state index contributed by atoms with van der Waals surface area (Å²) in [4.78, 5) is 2.13. The molecule has 4 heteroatoms. The van der Waals surface area contributed by atoms with Gasteiger partial charge in [-0.1, -0.05) is 6.42 Å². The highest BCUT2D eigenvalue weighted by molar-refractivity contribution is 5.35. The minimum atomic E-state index is -0.955. The van der Waals surface area contributed by atoms with Gasteiger partial charge in [0.15, 0.2) is 0 Å². The average molecular weight is 307 g/mol. The summed E-state index contributed by atoms with van der Waals surface area (Å²) >= 11 is 0. The highest BCUT2D eigenvalue weighted by Crippen LogP contribution is 2.54. The summed E-state index contributed by atoms with van der Waals surface area (Å²) < 4.78 is 19.1. The first-order chi connectivity index (χ1) is 10.4. The highest BCUT2D eigenvalue weighted by atomic mass is 19.1. The van der Waals surface area contributed by atoms with E-state index in [1.165, 1.54) is 38.5 Å². The van der Waals surface area contributed by atoms with Gasteiger partial charge < -0.3 is 14.7 Å². The molecule has 3 nitrogen and oxygen atoms in total. The predicted octanol–water partition coefficient (Wildman–Crippen LogP) is 3.02. The van der Waals surface area contributed by atoms with E-state index in [9.17, 15) is 9.50 Å². The lowest BCUT2D eigenvalue weighted by atomic mass is 9.66. The number of aliphatic hydroxyl groups is 1. The third-order valence-electron chi connectivity index (χ3n) is 5.53. The summed E-state index contributed by atoms with van der Waals surface area (Å²) in [7, 11) is 5.60. The molecule has 0 radical (unpaired) electrons. The van der Waals surface area contributed by atoms with Crippen LogP contribution in [0.3, 0.4) is 0 Å². The minimum absolute atomic E-state index is 0.146. The van der Waals surface area contributed by atoms with Gasteiger partial charge in [-0.05, 0) is 62.9 Å². The van der Waals surface area contributed by atoms with Gasteiger partial charge in [-0.25, -0.2) is 4.39 Å². The van der Waals surface area contributed by atoms with E-state index < -0.39 is 5.60 Å². The molecule has 1 N–H and O–H groups in total. The molecule has 3 rings (SSSR count). The fraction of sp³-hybridized carbons (Fsp3) is 0.667. The summed E-state index contributed by atoms with van der Waals surface area (Å²) in [6.45, 7) is 0.826. The molecule has 0 unspecified atom stereocenters. The first kappa shape index (κ1) is 15.8. The van der Waals surface area contributed by atoms with Crippen molar-refractivity contribution in [3.63, 3.8) is 0 Å². The molecular weight excluding hydrogens is 281 g/mol. The zero-order valence-electron chi connectivity index (χ0n) is 13.7. The molecule has 122 valence electrons. The van der Waals surface area contributed by atoms with Gasteiger partial charge in [0.2, 0.25) is 0 Å². The van der Waals surface area contributed by atoms with E-state index >= 15 is 0 Å². The van der Waals surface area contributed by atoms with Crippen LogP contribution in [0.4, 0.5) is 4.39 Å². The van der Waals surface area contributed by atoms with Crippen molar-refractivity contribution in [3.05, 3.63) is 29.6 Å². The molecule has 0 spiro atoms. The quantitative estimate of drug-likeness (QED) is 0.928. The number of ether oxygens (including phenoxy) is 1. The molecular formula is C18H26FNO2. The van der Waals surface area contributed by atoms with Gasteiger partial charge in [0, 0.05) is 18.5 Å². The van der Waals surface area contributed by atoms with E-state index in [4.69, 9.17) is 4.74 Å². The molecule has 1 aromatic carbocycles. The molecule has 22 heavy (non-hydrogen) atoms. The summed E-state index contributed by atoms with van der Waals surface area (Å²) in [6.07, 6.45) is 4.29. The lowest BCUT2D eigenvalue weighted by Gasteiger charge is -2.45. The zero-order valence-corrected chi connectivity index (χ0v) is 13.7. The van der Waals surface area contributed by atoms with Gasteiger partial charge in [0.1, 0.15) is 11.6 Å². The molecule has 2 saturated carbocycles. The van der Waals surface area contributed by atoms with Gasteiger partial charge in [-0.3, -0.25) is 0 Å². The zero-order chi connectivity index (χ0) is 15.9. The summed E-state index contributed by atoms with van der Waals surface area (Å²) in [5.74, 6) is 1.37. The molecule has 4 atom stereocenters. The van der Waals surface area contributed by atoms with Crippen LogP contribution in [0.5, 0.6) is 5.75 Å². The number of fused-ring (bicyclic) bond motifs is 2. The Hall–Kier alpha value is -1.13. The van der Waals surface area contributed by atoms with Crippen LogP contribution in [0.25, 0.3) is 0 Å². The van der Waals surface area contributed by atoms with Gasteiger partial charge in [-0.2, -0.15) is 0 Å². The first-order valence-electron chi connectivity index (χ1n) is 8.14. The number of methoxy groups -OCH3 is 1. The van der Waals surface area contributed by atoms with Crippen LogP contribution in [0.2, 0.25) is 0 Å². The number of hydrogen-bond donors (Lipinski definition) is 1. The van der Waals surface area contributed by atoms with E-state index in [-0.39, 0.29) is 11.7 Å². The molecule has 0 aromatic heterocycles. The Morgan fingerprint density at radius 1 is 1.32 bits per heavy atom. The van der Waals surface area contributed by atoms with Crippen LogP contribution in [0, 0.1) is 23.6 Å². The Kier molecular flexibility index (Phi) is 4.17. The predicted molar refractivity (Wildman–Crippen MR) is 84.3 cm³/mol. The average Bonchev–Trinajstić information content (AvgIpc) is 2.86. The van der Waals surface area contributed by atoms with E-state index in [0.29, 0.717) is 23.1 Å². The Morgan fingerprint density at radius 3 is 2.77 bits per heavy atom. The van der Waals surface area contributed by atoms with Crippen molar-refractivity contribution >= 4 is 0 Å². The third kappa shape index (κ3) is 2.74. The second kappa shape index (κ2) is 5.82. The maximum Gasteiger partial charge on any atom is 0.127 e. The Labute approximate surface area is 132 Å². The van der Waals surface area contributed by atoms with Crippen LogP contribution in [0.15, 0.2) is 18.2 Å². The Balaban J connectivity index is 2.02. The molecule has 0 amide bonds. The van der Waals surface area contributed by atoms with Gasteiger partial charge >= 0.3 is 0 Å². The van der Waals surface area contributed by atoms with Crippen molar-refractivity contribution in [2.45, 2.75) is 31.3 Å². The van der Waals surface area contributed by atoms with Crippen molar-refractivity contribution in [2.24, 2.45) is 17.8 Å². The van der Waals surface area contributed by atoms with Crippen molar-refractivity contribution in [2.75, 3.05) is 27.7 Å². The summed E-state index contributed by atoms with van der Waals surface area (Å²) in [5.41, 5.74) is -0.281. The van der Waals surface area contributed by atoms with E-state index in [1.54, 1.807) is 6.07 Å². The standard InChI is InChI=1S/C18H26FNO2/c1-20(2)11-17-13-5-4-12(6-13)10-18(17,21)14-7-15(19)9-16(8-14)22-3/h7-9,12-13,17,21H,4-6,10-11H2,1-3H3/t12-,13+,17-,18-/m0/s1. The number of benzene rings is 1. The topological polar surface area (TPSA) is 32.7 Å². The third-order valence-corrected chi connectivity index (χ3v) is 5.53. The molecule has 2 bridgehead atoms. The lowest BCUT2D eigenvalue weighted by molar-refractivity contribution is -0.0893. The number of hydrogen-bond acceptors (Lipinski definition) is 3. The van der Waals surface area contributed by atoms with E-state index in [0.717, 1.165) is 13.0 Å². The number of rotatable bonds is 4. The van der Waals surface area contributed by atoms with Crippen LogP contribution in [-0.4, -0.2) is 37.8 Å². The van der Waals surface area contributed by atoms with Gasteiger partial charge in [0.25, 0.3) is 0 Å². The second-order valence-electron chi connectivity index (χ2n) is 7.32. The van der Waals surface area contributed by atoms with Crippen molar-refractivity contribution in [1.82, 2.24) is 4.90 Å². The molecule has 2 fully saturated rings. The summed E-state index contributed by atoms with van der Waals surface area (Å²) in [5, 5.41) is 11.5. The number of halogens is 1. The molecule has 2 aliphatic carbocycles. The monoisotopic (exact) mass is 307 g/mol. The van der Waals surface area contributed by atoms with Crippen molar-refractivity contribution < 1.29 is 14.2 Å². The van der Waals surface area contributed by atoms with Crippen LogP contribution < -0.4 is 4.74 Å². The Bertz CT molecular complexity index is 548. The fourth-order valence-electron chi connectivity index (χ4n) is 4.60. The molecule has 0 saturated heterocycles. The van der Waals surface area contributed by atoms with Crippen LogP contribution in [-0.2, 0) is 5.60 Å². The Morgan fingerprint density at radius 2 is 2.09 bits per heavy atom. The maximum absolute atomic E-state index is 13.9. The second-order valence-corrected chi connectivity index (χ2v) is 7.32. The smallest absolute Gasteiger partial charge is 0.127 e. The first-order valence-corrected chi connectivity index (χ1v) is 8.14.